The van der Waals surface area contributed by atoms with Gasteiger partial charge in [0.1, 0.15) is 17.3 Å². The van der Waals surface area contributed by atoms with Gasteiger partial charge < -0.3 is 19.7 Å². The van der Waals surface area contributed by atoms with Gasteiger partial charge in [-0.15, -0.1) is 11.8 Å². The fraction of sp³-hybridized carbons (Fsp3) is 0.121. The van der Waals surface area contributed by atoms with Crippen molar-refractivity contribution in [3.63, 3.8) is 0 Å². The standard InChI is InChI=1S/C33H28O5S/c1-22(33(36)38-27-15-13-26(35)14-16-27)17-18-37-29(19-23-7-3-2-4-8-23)31(21-34)39-30-20-25-11-5-9-24-10-6-12-28(30)32(24)25/h2-16,19-20,31,34-35H,1,17-18,21H2. The number of phenols is 1. The largest absolute Gasteiger partial charge is 0.508 e. The summed E-state index contributed by atoms with van der Waals surface area (Å²) in [4.78, 5) is 13.6. The first-order valence-electron chi connectivity index (χ1n) is 12.6. The summed E-state index contributed by atoms with van der Waals surface area (Å²) in [5, 5.41) is 21.9. The molecule has 0 saturated carbocycles. The highest BCUT2D eigenvalue weighted by molar-refractivity contribution is 8.09. The van der Waals surface area contributed by atoms with Crippen LogP contribution in [0.1, 0.15) is 23.1 Å². The van der Waals surface area contributed by atoms with Crippen molar-refractivity contribution < 1.29 is 24.5 Å². The van der Waals surface area contributed by atoms with Crippen LogP contribution in [0.4, 0.5) is 0 Å². The maximum Gasteiger partial charge on any atom is 0.338 e. The zero-order valence-electron chi connectivity index (χ0n) is 21.2. The number of carbonyl (C=O) groups excluding carboxylic acids is 1. The number of hydrogen-bond acceptors (Lipinski definition) is 6. The molecule has 0 saturated heterocycles. The summed E-state index contributed by atoms with van der Waals surface area (Å²) in [5.41, 5.74) is 3.52. The molecule has 0 aromatic heterocycles. The summed E-state index contributed by atoms with van der Waals surface area (Å²) in [6.45, 7) is 3.92. The van der Waals surface area contributed by atoms with E-state index in [0.717, 1.165) is 16.0 Å². The number of carbonyl (C=O) groups is 1. The lowest BCUT2D eigenvalue weighted by molar-refractivity contribution is -0.130. The van der Waals surface area contributed by atoms with Gasteiger partial charge in [-0.25, -0.2) is 4.79 Å². The number of aliphatic hydroxyl groups excluding tert-OH is 1. The number of thioether (sulfide) groups is 1. The van der Waals surface area contributed by atoms with E-state index in [-0.39, 0.29) is 36.2 Å². The van der Waals surface area contributed by atoms with Gasteiger partial charge in [0, 0.05) is 16.9 Å². The molecule has 4 aromatic carbocycles. The third-order valence-corrected chi connectivity index (χ3v) is 7.62. The number of esters is 1. The normalized spacial score (nSPS) is 13.2. The Hall–Kier alpha value is -4.26. The van der Waals surface area contributed by atoms with E-state index in [1.807, 2.05) is 36.4 Å². The number of benzene rings is 4. The lowest BCUT2D eigenvalue weighted by atomic mass is 10.0. The molecule has 1 aliphatic carbocycles. The first kappa shape index (κ1) is 26.4. The van der Waals surface area contributed by atoms with E-state index in [4.69, 9.17) is 9.47 Å². The maximum absolute atomic E-state index is 12.5. The molecule has 1 unspecified atom stereocenters. The highest BCUT2D eigenvalue weighted by Crippen LogP contribution is 2.45. The number of rotatable bonds is 11. The van der Waals surface area contributed by atoms with E-state index in [1.54, 1.807) is 11.8 Å². The van der Waals surface area contributed by atoms with Crippen LogP contribution in [0.3, 0.4) is 0 Å². The molecule has 0 bridgehead atoms. The van der Waals surface area contributed by atoms with Gasteiger partial charge in [-0.05, 0) is 63.9 Å². The van der Waals surface area contributed by atoms with Crippen molar-refractivity contribution in [2.45, 2.75) is 11.7 Å². The van der Waals surface area contributed by atoms with Gasteiger partial charge in [-0.1, -0.05) is 73.3 Å². The molecule has 1 atom stereocenters. The average molecular weight is 537 g/mol. The van der Waals surface area contributed by atoms with Crippen LogP contribution < -0.4 is 4.74 Å². The van der Waals surface area contributed by atoms with Crippen LogP contribution >= 0.6 is 11.8 Å². The van der Waals surface area contributed by atoms with Crippen molar-refractivity contribution in [2.24, 2.45) is 0 Å². The molecule has 0 fully saturated rings. The number of hydrogen-bond donors (Lipinski definition) is 2. The average Bonchev–Trinajstić information content (AvgIpc) is 3.32. The minimum absolute atomic E-state index is 0.0880. The Kier molecular flexibility index (Phi) is 8.16. The summed E-state index contributed by atoms with van der Waals surface area (Å²) < 4.78 is 11.5. The highest BCUT2D eigenvalue weighted by atomic mass is 32.2. The fourth-order valence-corrected chi connectivity index (χ4v) is 5.50. The van der Waals surface area contributed by atoms with Crippen molar-refractivity contribution in [3.8, 4) is 11.5 Å². The summed E-state index contributed by atoms with van der Waals surface area (Å²) in [7, 11) is 0. The van der Waals surface area contributed by atoms with Crippen molar-refractivity contribution in [3.05, 3.63) is 126 Å². The molecule has 2 N–H and O–H groups in total. The van der Waals surface area contributed by atoms with Gasteiger partial charge in [0.2, 0.25) is 0 Å². The number of ether oxygens (including phenoxy) is 2. The Labute approximate surface area is 231 Å². The monoisotopic (exact) mass is 536 g/mol. The minimum Gasteiger partial charge on any atom is -0.508 e. The quantitative estimate of drug-likeness (QED) is 0.0925. The molecule has 0 heterocycles. The SMILES string of the molecule is C=C(CCOC(=Cc1ccccc1)C(CO)SC1=Cc2cccc3cccc1c23)C(=O)Oc1ccc(O)cc1. The Balaban J connectivity index is 1.30. The topological polar surface area (TPSA) is 76.0 Å². The van der Waals surface area contributed by atoms with Crippen molar-refractivity contribution in [2.75, 3.05) is 13.2 Å². The molecule has 39 heavy (non-hydrogen) atoms. The molecule has 0 spiro atoms. The van der Waals surface area contributed by atoms with E-state index in [9.17, 15) is 15.0 Å². The number of aliphatic hydroxyl groups is 1. The Morgan fingerprint density at radius 1 is 0.949 bits per heavy atom. The Bertz CT molecular complexity index is 1550. The molecule has 6 heteroatoms. The molecule has 1 aliphatic rings. The molecular weight excluding hydrogens is 508 g/mol. The van der Waals surface area contributed by atoms with Crippen LogP contribution in [0, 0.1) is 0 Å². The van der Waals surface area contributed by atoms with Gasteiger partial charge in [-0.2, -0.15) is 0 Å². The van der Waals surface area contributed by atoms with Crippen molar-refractivity contribution in [1.29, 1.82) is 0 Å². The molecule has 5 nitrogen and oxygen atoms in total. The Morgan fingerprint density at radius 2 is 1.69 bits per heavy atom. The summed E-state index contributed by atoms with van der Waals surface area (Å²) >= 11 is 1.56. The van der Waals surface area contributed by atoms with E-state index >= 15 is 0 Å². The van der Waals surface area contributed by atoms with E-state index in [0.29, 0.717) is 11.5 Å². The number of aromatic hydroxyl groups is 1. The Morgan fingerprint density at radius 3 is 2.44 bits per heavy atom. The molecule has 196 valence electrons. The molecular formula is C33H28O5S. The van der Waals surface area contributed by atoms with E-state index in [1.165, 1.54) is 40.6 Å². The molecule has 0 aliphatic heterocycles. The van der Waals surface area contributed by atoms with Gasteiger partial charge in [0.05, 0.1) is 18.5 Å². The van der Waals surface area contributed by atoms with Crippen molar-refractivity contribution in [1.82, 2.24) is 0 Å². The van der Waals surface area contributed by atoms with Crippen LogP contribution in [0.15, 0.2) is 109 Å². The third-order valence-electron chi connectivity index (χ3n) is 6.36. The summed E-state index contributed by atoms with van der Waals surface area (Å²) in [6.07, 6.45) is 4.33. The van der Waals surface area contributed by atoms with Gasteiger partial charge in [-0.3, -0.25) is 0 Å². The predicted octanol–water partition coefficient (Wildman–Crippen LogP) is 7.06. The van der Waals surface area contributed by atoms with Gasteiger partial charge in [0.15, 0.2) is 0 Å². The molecule has 0 amide bonds. The van der Waals surface area contributed by atoms with Crippen LogP contribution in [-0.4, -0.2) is 34.6 Å². The highest BCUT2D eigenvalue weighted by Gasteiger charge is 2.24. The second-order valence-corrected chi connectivity index (χ2v) is 10.3. The van der Waals surface area contributed by atoms with Crippen LogP contribution in [0.2, 0.25) is 0 Å². The van der Waals surface area contributed by atoms with Crippen molar-refractivity contribution >= 4 is 45.6 Å². The molecule has 0 radical (unpaired) electrons. The fourth-order valence-electron chi connectivity index (χ4n) is 4.38. The van der Waals surface area contributed by atoms with E-state index < -0.39 is 5.97 Å². The lowest BCUT2D eigenvalue weighted by Crippen LogP contribution is -2.17. The van der Waals surface area contributed by atoms with Crippen LogP contribution in [0.5, 0.6) is 11.5 Å². The van der Waals surface area contributed by atoms with E-state index in [2.05, 4.69) is 49.1 Å². The van der Waals surface area contributed by atoms with Gasteiger partial charge in [0.25, 0.3) is 0 Å². The molecule has 5 rings (SSSR count). The zero-order chi connectivity index (χ0) is 27.2. The molecule has 4 aromatic rings. The zero-order valence-corrected chi connectivity index (χ0v) is 22.1. The minimum atomic E-state index is -0.562. The second-order valence-electron chi connectivity index (χ2n) is 9.09. The predicted molar refractivity (Wildman–Crippen MR) is 158 cm³/mol. The first-order valence-corrected chi connectivity index (χ1v) is 13.5. The first-order chi connectivity index (χ1) is 19.0. The van der Waals surface area contributed by atoms with Crippen LogP contribution in [-0.2, 0) is 9.53 Å². The number of phenolic OH excluding ortho intramolecular Hbond substituents is 1. The second kappa shape index (κ2) is 12.1. The summed E-state index contributed by atoms with van der Waals surface area (Å²) in [5.74, 6) is 0.456. The van der Waals surface area contributed by atoms with Gasteiger partial charge >= 0.3 is 5.97 Å². The van der Waals surface area contributed by atoms with Crippen LogP contribution in [0.25, 0.3) is 27.8 Å². The smallest absolute Gasteiger partial charge is 0.338 e. The maximum atomic E-state index is 12.5. The third kappa shape index (κ3) is 6.25. The lowest BCUT2D eigenvalue weighted by Gasteiger charge is -2.20. The summed E-state index contributed by atoms with van der Waals surface area (Å²) in [6, 6.07) is 28.2.